The molecule has 1 heterocycles. The standard InChI is InChI=1S/C21H20Cl2N2O2/c1-11(2)25-20(26)18(15-7-6-14(22)10-16(15)23)19(21(25)27)24-17-8-5-12(3)9-13(17)4/h5-11,24H,1-4H3. The first-order valence-electron chi connectivity index (χ1n) is 8.62. The van der Waals surface area contributed by atoms with E-state index in [1.54, 1.807) is 32.0 Å². The Morgan fingerprint density at radius 3 is 2.26 bits per heavy atom. The Bertz CT molecular complexity index is 980. The Labute approximate surface area is 168 Å². The van der Waals surface area contributed by atoms with Crippen molar-refractivity contribution in [3.63, 3.8) is 0 Å². The van der Waals surface area contributed by atoms with Gasteiger partial charge in [0.15, 0.2) is 0 Å². The van der Waals surface area contributed by atoms with Crippen LogP contribution in [0, 0.1) is 13.8 Å². The van der Waals surface area contributed by atoms with Gasteiger partial charge in [-0.1, -0.05) is 47.0 Å². The minimum absolute atomic E-state index is 0.227. The van der Waals surface area contributed by atoms with E-state index in [2.05, 4.69) is 5.32 Å². The summed E-state index contributed by atoms with van der Waals surface area (Å²) in [5.74, 6) is -0.734. The van der Waals surface area contributed by atoms with E-state index >= 15 is 0 Å². The molecule has 0 aromatic heterocycles. The lowest BCUT2D eigenvalue weighted by Crippen LogP contribution is -2.38. The minimum Gasteiger partial charge on any atom is -0.350 e. The molecule has 0 fully saturated rings. The summed E-state index contributed by atoms with van der Waals surface area (Å²) in [5, 5.41) is 3.95. The fourth-order valence-corrected chi connectivity index (χ4v) is 3.67. The molecule has 6 heteroatoms. The molecule has 27 heavy (non-hydrogen) atoms. The van der Waals surface area contributed by atoms with E-state index in [0.29, 0.717) is 15.6 Å². The molecule has 0 saturated carbocycles. The summed E-state index contributed by atoms with van der Waals surface area (Å²) >= 11 is 12.3. The van der Waals surface area contributed by atoms with Crippen molar-refractivity contribution in [2.24, 2.45) is 0 Å². The van der Waals surface area contributed by atoms with E-state index in [1.165, 1.54) is 4.90 Å². The van der Waals surface area contributed by atoms with Crippen LogP contribution in [0.4, 0.5) is 5.69 Å². The normalized spacial score (nSPS) is 14.6. The number of carbonyl (C=O) groups is 2. The first kappa shape index (κ1) is 19.5. The van der Waals surface area contributed by atoms with Crippen LogP contribution in [-0.4, -0.2) is 22.8 Å². The molecule has 0 unspecified atom stereocenters. The number of hydrogen-bond acceptors (Lipinski definition) is 3. The predicted molar refractivity (Wildman–Crippen MR) is 110 cm³/mol. The average Bonchev–Trinajstić information content (AvgIpc) is 2.81. The van der Waals surface area contributed by atoms with Crippen LogP contribution in [0.1, 0.15) is 30.5 Å². The second-order valence-electron chi connectivity index (χ2n) is 6.89. The summed E-state index contributed by atoms with van der Waals surface area (Å²) in [6, 6.07) is 10.5. The van der Waals surface area contributed by atoms with Crippen molar-refractivity contribution in [1.29, 1.82) is 0 Å². The molecule has 1 aliphatic heterocycles. The van der Waals surface area contributed by atoms with E-state index in [4.69, 9.17) is 23.2 Å². The summed E-state index contributed by atoms with van der Waals surface area (Å²) < 4.78 is 0. The van der Waals surface area contributed by atoms with E-state index in [0.717, 1.165) is 16.8 Å². The maximum atomic E-state index is 13.1. The molecule has 1 N–H and O–H groups in total. The first-order valence-corrected chi connectivity index (χ1v) is 9.38. The Morgan fingerprint density at radius 1 is 0.963 bits per heavy atom. The number of carbonyl (C=O) groups excluding carboxylic acids is 2. The number of hydrogen-bond donors (Lipinski definition) is 1. The van der Waals surface area contributed by atoms with Crippen LogP contribution < -0.4 is 5.32 Å². The topological polar surface area (TPSA) is 49.4 Å². The van der Waals surface area contributed by atoms with Crippen molar-refractivity contribution in [1.82, 2.24) is 4.90 Å². The van der Waals surface area contributed by atoms with Gasteiger partial charge < -0.3 is 5.32 Å². The quantitative estimate of drug-likeness (QED) is 0.713. The molecular formula is C21H20Cl2N2O2. The lowest BCUT2D eigenvalue weighted by atomic mass is 10.0. The van der Waals surface area contributed by atoms with Crippen molar-refractivity contribution < 1.29 is 9.59 Å². The van der Waals surface area contributed by atoms with Crippen LogP contribution in [-0.2, 0) is 9.59 Å². The number of benzene rings is 2. The molecule has 3 rings (SSSR count). The SMILES string of the molecule is Cc1ccc(NC2=C(c3ccc(Cl)cc3Cl)C(=O)N(C(C)C)C2=O)c(C)c1. The van der Waals surface area contributed by atoms with Crippen molar-refractivity contribution >= 4 is 46.3 Å². The monoisotopic (exact) mass is 402 g/mol. The number of amides is 2. The highest BCUT2D eigenvalue weighted by atomic mass is 35.5. The van der Waals surface area contributed by atoms with Crippen LogP contribution in [0.5, 0.6) is 0 Å². The van der Waals surface area contributed by atoms with Gasteiger partial charge in [0, 0.05) is 22.3 Å². The molecule has 0 bridgehead atoms. The van der Waals surface area contributed by atoms with E-state index in [9.17, 15) is 9.59 Å². The Hall–Kier alpha value is -2.30. The van der Waals surface area contributed by atoms with Crippen LogP contribution in [0.15, 0.2) is 42.1 Å². The lowest BCUT2D eigenvalue weighted by Gasteiger charge is -2.19. The zero-order chi connectivity index (χ0) is 19.9. The molecule has 4 nitrogen and oxygen atoms in total. The highest BCUT2D eigenvalue weighted by Crippen LogP contribution is 2.36. The zero-order valence-corrected chi connectivity index (χ0v) is 17.1. The van der Waals surface area contributed by atoms with Gasteiger partial charge in [-0.2, -0.15) is 0 Å². The fraction of sp³-hybridized carbons (Fsp3) is 0.238. The van der Waals surface area contributed by atoms with Gasteiger partial charge in [0.25, 0.3) is 11.8 Å². The van der Waals surface area contributed by atoms with Gasteiger partial charge in [0.1, 0.15) is 5.70 Å². The predicted octanol–water partition coefficient (Wildman–Crippen LogP) is 5.21. The van der Waals surface area contributed by atoms with Gasteiger partial charge >= 0.3 is 0 Å². The molecule has 0 radical (unpaired) electrons. The summed E-state index contributed by atoms with van der Waals surface area (Å²) in [7, 11) is 0. The molecule has 0 saturated heterocycles. The van der Waals surface area contributed by atoms with Crippen molar-refractivity contribution in [2.75, 3.05) is 5.32 Å². The second-order valence-corrected chi connectivity index (χ2v) is 7.74. The molecule has 0 atom stereocenters. The van der Waals surface area contributed by atoms with Gasteiger partial charge in [-0.25, -0.2) is 0 Å². The van der Waals surface area contributed by atoms with Crippen LogP contribution in [0.25, 0.3) is 5.57 Å². The maximum Gasteiger partial charge on any atom is 0.278 e. The first-order chi connectivity index (χ1) is 12.7. The molecule has 0 spiro atoms. The average molecular weight is 403 g/mol. The molecule has 140 valence electrons. The molecule has 2 aromatic rings. The number of halogens is 2. The largest absolute Gasteiger partial charge is 0.350 e. The van der Waals surface area contributed by atoms with Gasteiger partial charge in [-0.3, -0.25) is 14.5 Å². The second kappa shape index (κ2) is 7.37. The zero-order valence-electron chi connectivity index (χ0n) is 15.6. The molecule has 2 aromatic carbocycles. The molecule has 0 aliphatic carbocycles. The number of imide groups is 1. The van der Waals surface area contributed by atoms with Crippen LogP contribution in [0.2, 0.25) is 10.0 Å². The van der Waals surface area contributed by atoms with Gasteiger partial charge in [-0.15, -0.1) is 0 Å². The number of nitrogens with one attached hydrogen (secondary N) is 1. The number of aryl methyl sites for hydroxylation is 2. The highest BCUT2D eigenvalue weighted by Gasteiger charge is 2.41. The summed E-state index contributed by atoms with van der Waals surface area (Å²) in [6.45, 7) is 7.56. The molecule has 2 amide bonds. The lowest BCUT2D eigenvalue weighted by molar-refractivity contribution is -0.138. The van der Waals surface area contributed by atoms with Crippen LogP contribution in [0.3, 0.4) is 0 Å². The van der Waals surface area contributed by atoms with Gasteiger partial charge in [0.05, 0.1) is 10.6 Å². The summed E-state index contributed by atoms with van der Waals surface area (Å²) in [6.07, 6.45) is 0. The maximum absolute atomic E-state index is 13.1. The fourth-order valence-electron chi connectivity index (χ4n) is 3.16. The highest BCUT2D eigenvalue weighted by molar-refractivity contribution is 6.41. The summed E-state index contributed by atoms with van der Waals surface area (Å²) in [5.41, 5.74) is 3.83. The molecular weight excluding hydrogens is 383 g/mol. The summed E-state index contributed by atoms with van der Waals surface area (Å²) in [4.78, 5) is 27.3. The minimum atomic E-state index is -0.369. The Kier molecular flexibility index (Phi) is 5.31. The van der Waals surface area contributed by atoms with Crippen molar-refractivity contribution in [3.8, 4) is 0 Å². The van der Waals surface area contributed by atoms with E-state index in [-0.39, 0.29) is 29.1 Å². The number of anilines is 1. The van der Waals surface area contributed by atoms with Gasteiger partial charge in [-0.05, 0) is 51.5 Å². The number of nitrogens with zero attached hydrogens (tertiary/aromatic N) is 1. The van der Waals surface area contributed by atoms with Gasteiger partial charge in [0.2, 0.25) is 0 Å². The third kappa shape index (κ3) is 3.60. The van der Waals surface area contributed by atoms with E-state index in [1.807, 2.05) is 32.0 Å². The Morgan fingerprint density at radius 2 is 1.67 bits per heavy atom. The van der Waals surface area contributed by atoms with Crippen LogP contribution >= 0.6 is 23.2 Å². The third-order valence-corrected chi connectivity index (χ3v) is 5.02. The van der Waals surface area contributed by atoms with Crippen molar-refractivity contribution in [2.45, 2.75) is 33.7 Å². The smallest absolute Gasteiger partial charge is 0.278 e. The third-order valence-electron chi connectivity index (χ3n) is 4.47. The Balaban J connectivity index is 2.17. The molecule has 1 aliphatic rings. The van der Waals surface area contributed by atoms with Crippen molar-refractivity contribution in [3.05, 3.63) is 68.8 Å². The number of rotatable bonds is 4. The van der Waals surface area contributed by atoms with E-state index < -0.39 is 0 Å².